The number of hydrogen-bond donors (Lipinski definition) is 0. The van der Waals surface area contributed by atoms with Crippen LogP contribution in [-0.2, 0) is 11.2 Å². The van der Waals surface area contributed by atoms with Crippen LogP contribution in [0, 0.1) is 0 Å². The van der Waals surface area contributed by atoms with Gasteiger partial charge in [-0.25, -0.2) is 4.79 Å². The zero-order chi connectivity index (χ0) is 20.6. The highest BCUT2D eigenvalue weighted by atomic mass is 19.3. The maximum absolute atomic E-state index is 12.6. The Morgan fingerprint density at radius 1 is 1.24 bits per heavy atom. The number of esters is 1. The summed E-state index contributed by atoms with van der Waals surface area (Å²) in [5, 5.41) is 3.87. The summed E-state index contributed by atoms with van der Waals surface area (Å²) in [5.74, 6) is -0.374. The van der Waals surface area contributed by atoms with Crippen LogP contribution in [0.1, 0.15) is 22.7 Å². The van der Waals surface area contributed by atoms with E-state index in [0.717, 1.165) is 5.56 Å². The Bertz CT molecular complexity index is 950. The predicted octanol–water partition coefficient (Wildman–Crippen LogP) is 3.53. The van der Waals surface area contributed by atoms with E-state index in [1.54, 1.807) is 24.5 Å². The monoisotopic (exact) mass is 405 g/mol. The summed E-state index contributed by atoms with van der Waals surface area (Å²) < 4.78 is 45.0. The first kappa shape index (κ1) is 20.2. The number of methoxy groups -OCH3 is 1. The quantitative estimate of drug-likeness (QED) is 0.394. The van der Waals surface area contributed by atoms with Crippen molar-refractivity contribution in [2.24, 2.45) is 0 Å². The number of nitrogens with zero attached hydrogens (tertiary/aromatic N) is 3. The molecule has 0 saturated carbocycles. The van der Waals surface area contributed by atoms with Gasteiger partial charge in [0.1, 0.15) is 5.56 Å². The van der Waals surface area contributed by atoms with E-state index in [4.69, 9.17) is 14.0 Å². The minimum Gasteiger partial charge on any atom is -0.493 e. The van der Waals surface area contributed by atoms with Gasteiger partial charge in [-0.3, -0.25) is 4.98 Å². The molecular weight excluding hydrogens is 388 g/mol. The van der Waals surface area contributed by atoms with E-state index in [-0.39, 0.29) is 23.7 Å². The van der Waals surface area contributed by atoms with E-state index in [1.165, 1.54) is 25.3 Å². The van der Waals surface area contributed by atoms with Gasteiger partial charge in [-0.1, -0.05) is 11.2 Å². The van der Waals surface area contributed by atoms with Crippen molar-refractivity contribution in [1.82, 2.24) is 15.1 Å². The number of halogens is 2. The van der Waals surface area contributed by atoms with Gasteiger partial charge < -0.3 is 18.7 Å². The Morgan fingerprint density at radius 3 is 2.83 bits per heavy atom. The van der Waals surface area contributed by atoms with E-state index in [0.29, 0.717) is 24.6 Å². The molecule has 0 fully saturated rings. The summed E-state index contributed by atoms with van der Waals surface area (Å²) in [4.78, 5) is 20.5. The topological polar surface area (TPSA) is 96.6 Å². The van der Waals surface area contributed by atoms with Gasteiger partial charge in [0.25, 0.3) is 0 Å². The van der Waals surface area contributed by atoms with Crippen LogP contribution in [0.5, 0.6) is 11.5 Å². The molecule has 10 heteroatoms. The van der Waals surface area contributed by atoms with Crippen LogP contribution in [0.4, 0.5) is 8.78 Å². The molecule has 0 aliphatic heterocycles. The van der Waals surface area contributed by atoms with Gasteiger partial charge in [0.2, 0.25) is 11.7 Å². The number of carbonyl (C=O) groups excluding carboxylic acids is 1. The number of ether oxygens (including phenoxy) is 3. The summed E-state index contributed by atoms with van der Waals surface area (Å²) in [6, 6.07) is 7.77. The molecule has 1 aromatic carbocycles. The van der Waals surface area contributed by atoms with Crippen LogP contribution in [0.2, 0.25) is 0 Å². The minimum absolute atomic E-state index is 0.00791. The second-order valence-corrected chi connectivity index (χ2v) is 5.71. The summed E-state index contributed by atoms with van der Waals surface area (Å²) in [7, 11) is 1.28. The Labute approximate surface area is 164 Å². The number of benzene rings is 1. The van der Waals surface area contributed by atoms with Crippen molar-refractivity contribution in [3.05, 3.63) is 54.2 Å². The lowest BCUT2D eigenvalue weighted by atomic mass is 10.2. The highest BCUT2D eigenvalue weighted by Gasteiger charge is 2.21. The average Bonchev–Trinajstić information content (AvgIpc) is 3.20. The summed E-state index contributed by atoms with van der Waals surface area (Å²) >= 11 is 0. The van der Waals surface area contributed by atoms with E-state index in [9.17, 15) is 13.6 Å². The maximum atomic E-state index is 12.6. The standard InChI is InChI=1S/C19H17F2N3O5/c1-26-14-7-2-6-13(16(14)28-19(20)21)18(25)27-10-4-8-15-23-17(24-29-15)12-5-3-9-22-11-12/h2-3,5-7,9,11,19H,4,8,10H2,1H3. The number of pyridine rings is 1. The second kappa shape index (κ2) is 9.58. The largest absolute Gasteiger partial charge is 0.493 e. The first-order chi connectivity index (χ1) is 14.1. The minimum atomic E-state index is -3.11. The van der Waals surface area contributed by atoms with Gasteiger partial charge in [0.05, 0.1) is 13.7 Å². The molecule has 0 bridgehead atoms. The molecule has 0 saturated heterocycles. The van der Waals surface area contributed by atoms with Gasteiger partial charge in [0.15, 0.2) is 11.5 Å². The van der Waals surface area contributed by atoms with Crippen LogP contribution in [0.25, 0.3) is 11.4 Å². The third-order valence-corrected chi connectivity index (χ3v) is 3.78. The van der Waals surface area contributed by atoms with Gasteiger partial charge in [-0.15, -0.1) is 0 Å². The van der Waals surface area contributed by atoms with Crippen molar-refractivity contribution >= 4 is 5.97 Å². The molecule has 2 heterocycles. The van der Waals surface area contributed by atoms with E-state index < -0.39 is 12.6 Å². The molecule has 0 aliphatic carbocycles. The first-order valence-electron chi connectivity index (χ1n) is 8.60. The average molecular weight is 405 g/mol. The van der Waals surface area contributed by atoms with Gasteiger partial charge in [0, 0.05) is 24.4 Å². The number of aryl methyl sites for hydroxylation is 1. The number of alkyl halides is 2. The van der Waals surface area contributed by atoms with Crippen molar-refractivity contribution in [1.29, 1.82) is 0 Å². The maximum Gasteiger partial charge on any atom is 0.387 e. The third-order valence-electron chi connectivity index (χ3n) is 3.78. The van der Waals surface area contributed by atoms with Crippen molar-refractivity contribution < 1.29 is 32.3 Å². The molecule has 8 nitrogen and oxygen atoms in total. The molecule has 0 aliphatic rings. The lowest BCUT2D eigenvalue weighted by Gasteiger charge is -2.13. The van der Waals surface area contributed by atoms with E-state index in [2.05, 4.69) is 19.9 Å². The van der Waals surface area contributed by atoms with Crippen LogP contribution >= 0.6 is 0 Å². The SMILES string of the molecule is COc1cccc(C(=O)OCCCc2nc(-c3cccnc3)no2)c1OC(F)F. The molecule has 0 amide bonds. The van der Waals surface area contributed by atoms with Crippen molar-refractivity contribution in [3.8, 4) is 22.9 Å². The van der Waals surface area contributed by atoms with Crippen LogP contribution in [0.3, 0.4) is 0 Å². The fourth-order valence-electron chi connectivity index (χ4n) is 2.48. The van der Waals surface area contributed by atoms with Crippen LogP contribution < -0.4 is 9.47 Å². The van der Waals surface area contributed by atoms with Crippen molar-refractivity contribution in [3.63, 3.8) is 0 Å². The smallest absolute Gasteiger partial charge is 0.387 e. The Morgan fingerprint density at radius 2 is 2.10 bits per heavy atom. The first-order valence-corrected chi connectivity index (χ1v) is 8.60. The molecule has 0 radical (unpaired) electrons. The predicted molar refractivity (Wildman–Crippen MR) is 95.8 cm³/mol. The van der Waals surface area contributed by atoms with E-state index >= 15 is 0 Å². The molecule has 3 aromatic rings. The number of rotatable bonds is 9. The highest BCUT2D eigenvalue weighted by molar-refractivity contribution is 5.93. The molecular formula is C19H17F2N3O5. The number of aromatic nitrogens is 3. The highest BCUT2D eigenvalue weighted by Crippen LogP contribution is 2.33. The second-order valence-electron chi connectivity index (χ2n) is 5.71. The number of carbonyl (C=O) groups is 1. The fourth-order valence-corrected chi connectivity index (χ4v) is 2.48. The lowest BCUT2D eigenvalue weighted by molar-refractivity contribution is -0.0518. The zero-order valence-corrected chi connectivity index (χ0v) is 15.4. The number of para-hydroxylation sites is 1. The Balaban J connectivity index is 1.55. The molecule has 2 aromatic heterocycles. The Kier molecular flexibility index (Phi) is 6.67. The molecule has 29 heavy (non-hydrogen) atoms. The van der Waals surface area contributed by atoms with Crippen LogP contribution in [-0.4, -0.2) is 41.4 Å². The number of hydrogen-bond acceptors (Lipinski definition) is 8. The molecule has 0 atom stereocenters. The van der Waals surface area contributed by atoms with Crippen molar-refractivity contribution in [2.75, 3.05) is 13.7 Å². The van der Waals surface area contributed by atoms with Crippen LogP contribution in [0.15, 0.2) is 47.2 Å². The van der Waals surface area contributed by atoms with Gasteiger partial charge >= 0.3 is 12.6 Å². The molecule has 3 rings (SSSR count). The zero-order valence-electron chi connectivity index (χ0n) is 15.4. The van der Waals surface area contributed by atoms with Gasteiger partial charge in [-0.2, -0.15) is 13.8 Å². The normalized spacial score (nSPS) is 10.8. The summed E-state index contributed by atoms with van der Waals surface area (Å²) in [6.45, 7) is -3.08. The molecule has 0 N–H and O–H groups in total. The van der Waals surface area contributed by atoms with Gasteiger partial charge in [-0.05, 0) is 30.7 Å². The molecule has 152 valence electrons. The summed E-state index contributed by atoms with van der Waals surface area (Å²) in [6.07, 6.45) is 4.02. The fraction of sp³-hybridized carbons (Fsp3) is 0.263. The third kappa shape index (κ3) is 5.24. The Hall–Kier alpha value is -3.56. The van der Waals surface area contributed by atoms with Crippen molar-refractivity contribution in [2.45, 2.75) is 19.5 Å². The molecule has 0 unspecified atom stereocenters. The summed E-state index contributed by atoms with van der Waals surface area (Å²) in [5.41, 5.74) is 0.569. The lowest BCUT2D eigenvalue weighted by Crippen LogP contribution is -2.12. The van der Waals surface area contributed by atoms with E-state index in [1.807, 2.05) is 0 Å². The molecule has 0 spiro atoms.